The van der Waals surface area contributed by atoms with E-state index in [0.717, 1.165) is 38.0 Å². The Morgan fingerprint density at radius 1 is 1.03 bits per heavy atom. The summed E-state index contributed by atoms with van der Waals surface area (Å²) >= 11 is 0. The van der Waals surface area contributed by atoms with Gasteiger partial charge in [-0.15, -0.1) is 0 Å². The van der Waals surface area contributed by atoms with Crippen LogP contribution >= 0.6 is 0 Å². The first-order chi connectivity index (χ1) is 15.6. The third kappa shape index (κ3) is 4.28. The van der Waals surface area contributed by atoms with Crippen molar-refractivity contribution in [2.45, 2.75) is 51.7 Å². The number of carbonyl (C=O) groups excluding carboxylic acids is 1. The van der Waals surface area contributed by atoms with Gasteiger partial charge in [-0.05, 0) is 72.6 Å². The highest BCUT2D eigenvalue weighted by Gasteiger charge is 2.29. The van der Waals surface area contributed by atoms with Gasteiger partial charge in [-0.1, -0.05) is 60.2 Å². The van der Waals surface area contributed by atoms with Crippen LogP contribution in [0.4, 0.5) is 5.69 Å². The molecule has 2 aliphatic rings. The van der Waals surface area contributed by atoms with Crippen LogP contribution in [0.15, 0.2) is 60.7 Å². The lowest BCUT2D eigenvalue weighted by Crippen LogP contribution is -2.49. The normalized spacial score (nSPS) is 19.4. The molecule has 32 heavy (non-hydrogen) atoms. The Bertz CT molecular complexity index is 1140. The fraction of sp³-hybridized carbons (Fsp3) is 0.321. The molecule has 0 saturated heterocycles. The molecule has 0 aliphatic carbocycles. The molecule has 0 unspecified atom stereocenters. The summed E-state index contributed by atoms with van der Waals surface area (Å²) in [5, 5.41) is 10.3. The maximum Gasteiger partial charge on any atom is 0.237 e. The molecule has 0 aromatic heterocycles. The predicted octanol–water partition coefficient (Wildman–Crippen LogP) is 4.58. The highest BCUT2D eigenvalue weighted by Crippen LogP contribution is 2.32. The molecule has 0 bridgehead atoms. The first-order valence-electron chi connectivity index (χ1n) is 11.6. The highest BCUT2D eigenvalue weighted by atomic mass is 16.2. The molecule has 4 heteroatoms. The van der Waals surface area contributed by atoms with Crippen LogP contribution in [0, 0.1) is 13.8 Å². The quantitative estimate of drug-likeness (QED) is 0.573. The van der Waals surface area contributed by atoms with Crippen LogP contribution in [-0.4, -0.2) is 18.5 Å². The molecule has 0 radical (unpaired) electrons. The molecule has 1 amide bonds. The van der Waals surface area contributed by atoms with Gasteiger partial charge in [-0.2, -0.15) is 0 Å². The van der Waals surface area contributed by atoms with Crippen molar-refractivity contribution >= 4 is 11.6 Å². The summed E-state index contributed by atoms with van der Waals surface area (Å²) in [6, 6.07) is 21.4. The first kappa shape index (κ1) is 20.8. The Morgan fingerprint density at radius 3 is 2.72 bits per heavy atom. The maximum atomic E-state index is 13.2. The van der Waals surface area contributed by atoms with Crippen molar-refractivity contribution in [2.24, 2.45) is 0 Å². The summed E-state index contributed by atoms with van der Waals surface area (Å²) in [5.74, 6) is 0.0990. The molecular formula is C28H31N3O. The van der Waals surface area contributed by atoms with Crippen molar-refractivity contribution in [1.29, 1.82) is 0 Å². The average Bonchev–Trinajstić information content (AvgIpc) is 2.80. The molecule has 0 saturated carbocycles. The van der Waals surface area contributed by atoms with E-state index >= 15 is 0 Å². The molecular weight excluding hydrogens is 394 g/mol. The van der Waals surface area contributed by atoms with E-state index in [1.54, 1.807) is 0 Å². The molecule has 0 spiro atoms. The molecule has 2 atom stereocenters. The number of anilines is 1. The number of rotatable bonds is 4. The molecule has 0 fully saturated rings. The number of hydrogen-bond acceptors (Lipinski definition) is 3. The monoisotopic (exact) mass is 425 g/mol. The second-order valence-electron chi connectivity index (χ2n) is 9.22. The minimum Gasteiger partial charge on any atom is -0.385 e. The van der Waals surface area contributed by atoms with Crippen molar-refractivity contribution in [1.82, 2.24) is 10.6 Å². The second-order valence-corrected chi connectivity index (χ2v) is 9.22. The number of benzene rings is 3. The van der Waals surface area contributed by atoms with E-state index in [1.165, 1.54) is 38.9 Å². The molecule has 3 N–H and O–H groups in total. The number of aryl methyl sites for hydroxylation is 2. The Kier molecular flexibility index (Phi) is 5.71. The number of amides is 1. The molecule has 3 aromatic carbocycles. The summed E-state index contributed by atoms with van der Waals surface area (Å²) in [7, 11) is 0. The summed E-state index contributed by atoms with van der Waals surface area (Å²) in [6.07, 6.45) is 2.54. The minimum absolute atomic E-state index is 0.0387. The van der Waals surface area contributed by atoms with Gasteiger partial charge in [0.25, 0.3) is 0 Å². The van der Waals surface area contributed by atoms with Crippen LogP contribution in [0.3, 0.4) is 0 Å². The zero-order chi connectivity index (χ0) is 22.1. The number of carbonyl (C=O) groups is 1. The van der Waals surface area contributed by atoms with Gasteiger partial charge in [0.05, 0.1) is 12.1 Å². The largest absolute Gasteiger partial charge is 0.385 e. The van der Waals surface area contributed by atoms with Gasteiger partial charge >= 0.3 is 0 Å². The maximum absolute atomic E-state index is 13.2. The number of hydrogen-bond donors (Lipinski definition) is 3. The molecule has 2 heterocycles. The first-order valence-corrected chi connectivity index (χ1v) is 11.6. The summed E-state index contributed by atoms with van der Waals surface area (Å²) < 4.78 is 0. The summed E-state index contributed by atoms with van der Waals surface area (Å²) in [4.78, 5) is 13.2. The average molecular weight is 426 g/mol. The Morgan fingerprint density at radius 2 is 1.88 bits per heavy atom. The zero-order valence-electron chi connectivity index (χ0n) is 18.9. The fourth-order valence-corrected chi connectivity index (χ4v) is 5.16. The lowest BCUT2D eigenvalue weighted by Gasteiger charge is -2.32. The van der Waals surface area contributed by atoms with Crippen LogP contribution in [0.25, 0.3) is 0 Å². The van der Waals surface area contributed by atoms with E-state index in [-0.39, 0.29) is 18.0 Å². The Labute approximate surface area is 190 Å². The topological polar surface area (TPSA) is 53.2 Å². The molecule has 2 aliphatic heterocycles. The SMILES string of the molecule is Cc1cc(C)c2c(c1)CN[C@H](C(=O)N[C@@H]1CCNc3ccc(Cc4ccccc4)cc31)C2. The minimum atomic E-state index is -0.185. The van der Waals surface area contributed by atoms with Crippen LogP contribution in [-0.2, 0) is 24.2 Å². The van der Waals surface area contributed by atoms with Gasteiger partial charge in [0.15, 0.2) is 0 Å². The smallest absolute Gasteiger partial charge is 0.237 e. The molecule has 5 rings (SSSR count). The highest BCUT2D eigenvalue weighted by molar-refractivity contribution is 5.83. The van der Waals surface area contributed by atoms with Crippen molar-refractivity contribution in [3.63, 3.8) is 0 Å². The molecule has 4 nitrogen and oxygen atoms in total. The van der Waals surface area contributed by atoms with Gasteiger partial charge in [-0.25, -0.2) is 0 Å². The van der Waals surface area contributed by atoms with Crippen molar-refractivity contribution in [3.05, 3.63) is 99.6 Å². The van der Waals surface area contributed by atoms with E-state index in [9.17, 15) is 4.79 Å². The molecule has 3 aromatic rings. The zero-order valence-corrected chi connectivity index (χ0v) is 18.9. The van der Waals surface area contributed by atoms with Crippen LogP contribution in [0.1, 0.15) is 51.4 Å². The van der Waals surface area contributed by atoms with Gasteiger partial charge in [0.1, 0.15) is 0 Å². The Hall–Kier alpha value is -3.11. The van der Waals surface area contributed by atoms with Crippen molar-refractivity contribution in [2.75, 3.05) is 11.9 Å². The van der Waals surface area contributed by atoms with Crippen LogP contribution < -0.4 is 16.0 Å². The standard InChI is InChI=1S/C28H31N3O/c1-18-12-19(2)23-16-27(30-17-22(23)13-18)28(32)31-26-10-11-29-25-9-8-21(15-24(25)26)14-20-6-4-3-5-7-20/h3-9,12-13,15,26-27,29-30H,10-11,14,16-17H2,1-2H3,(H,31,32)/t26-,27+/m1/s1. The summed E-state index contributed by atoms with van der Waals surface area (Å²) in [5.41, 5.74) is 10.1. The fourth-order valence-electron chi connectivity index (χ4n) is 5.16. The van der Waals surface area contributed by atoms with E-state index < -0.39 is 0 Å². The van der Waals surface area contributed by atoms with E-state index in [1.807, 2.05) is 6.07 Å². The summed E-state index contributed by atoms with van der Waals surface area (Å²) in [6.45, 7) is 5.91. The van der Waals surface area contributed by atoms with Gasteiger partial charge in [0, 0.05) is 18.8 Å². The third-order valence-electron chi connectivity index (χ3n) is 6.78. The predicted molar refractivity (Wildman–Crippen MR) is 130 cm³/mol. The second kappa shape index (κ2) is 8.79. The van der Waals surface area contributed by atoms with Gasteiger partial charge in [-0.3, -0.25) is 4.79 Å². The lowest BCUT2D eigenvalue weighted by atomic mass is 9.89. The third-order valence-corrected chi connectivity index (χ3v) is 6.78. The van der Waals surface area contributed by atoms with E-state index in [4.69, 9.17) is 0 Å². The van der Waals surface area contributed by atoms with E-state index in [2.05, 4.69) is 84.4 Å². The van der Waals surface area contributed by atoms with E-state index in [0.29, 0.717) is 0 Å². The van der Waals surface area contributed by atoms with Gasteiger partial charge in [0.2, 0.25) is 5.91 Å². The lowest BCUT2D eigenvalue weighted by molar-refractivity contribution is -0.124. The Balaban J connectivity index is 1.32. The van der Waals surface area contributed by atoms with Gasteiger partial charge < -0.3 is 16.0 Å². The van der Waals surface area contributed by atoms with Crippen LogP contribution in [0.5, 0.6) is 0 Å². The molecule has 164 valence electrons. The van der Waals surface area contributed by atoms with Crippen LogP contribution in [0.2, 0.25) is 0 Å². The number of fused-ring (bicyclic) bond motifs is 2. The van der Waals surface area contributed by atoms with Crippen molar-refractivity contribution in [3.8, 4) is 0 Å². The van der Waals surface area contributed by atoms with Crippen molar-refractivity contribution < 1.29 is 4.79 Å². The number of nitrogens with one attached hydrogen (secondary N) is 3.